The van der Waals surface area contributed by atoms with Crippen LogP contribution in [0.25, 0.3) is 0 Å². The Morgan fingerprint density at radius 3 is 2.63 bits per heavy atom. The molecule has 0 saturated carbocycles. The highest BCUT2D eigenvalue weighted by Crippen LogP contribution is 2.26. The summed E-state index contributed by atoms with van der Waals surface area (Å²) in [5.41, 5.74) is 3.33. The highest BCUT2D eigenvalue weighted by Gasteiger charge is 2.22. The van der Waals surface area contributed by atoms with Crippen molar-refractivity contribution in [3.05, 3.63) is 29.3 Å². The molecule has 1 aromatic carbocycles. The van der Waals surface area contributed by atoms with E-state index >= 15 is 0 Å². The summed E-state index contributed by atoms with van der Waals surface area (Å²) < 4.78 is 0. The smallest absolute Gasteiger partial charge is 0.118 e. The number of aryl methyl sites for hydroxylation is 2. The number of fused-ring (bicyclic) bond motifs is 1. The minimum atomic E-state index is -1.44. The standard InChI is InChI=1S/C14H19NO4/c16-8-13(18)14(19)12(17)7-15-11-5-4-9-2-1-3-10(9)6-11/h4-7,12-14,16-19H,1-3,8H2/t12-,13+,14-/m1/s1. The van der Waals surface area contributed by atoms with Crippen LogP contribution in [-0.2, 0) is 12.8 Å². The molecule has 19 heavy (non-hydrogen) atoms. The van der Waals surface area contributed by atoms with Gasteiger partial charge in [0.15, 0.2) is 0 Å². The highest BCUT2D eigenvalue weighted by atomic mass is 16.4. The Hall–Kier alpha value is -1.27. The van der Waals surface area contributed by atoms with Crippen molar-refractivity contribution in [1.29, 1.82) is 0 Å². The molecule has 1 aliphatic rings. The average Bonchev–Trinajstić information content (AvgIpc) is 2.90. The second-order valence-corrected chi connectivity index (χ2v) is 4.82. The second kappa shape index (κ2) is 6.25. The van der Waals surface area contributed by atoms with E-state index in [0.717, 1.165) is 19.3 Å². The van der Waals surface area contributed by atoms with E-state index in [9.17, 15) is 15.3 Å². The molecule has 2 rings (SSSR count). The predicted molar refractivity (Wildman–Crippen MR) is 71.7 cm³/mol. The van der Waals surface area contributed by atoms with Crippen LogP contribution in [-0.4, -0.2) is 51.6 Å². The molecule has 0 aromatic heterocycles. The fourth-order valence-corrected chi connectivity index (χ4v) is 2.22. The van der Waals surface area contributed by atoms with Gasteiger partial charge in [-0.2, -0.15) is 0 Å². The minimum absolute atomic E-state index is 0.606. The van der Waals surface area contributed by atoms with E-state index < -0.39 is 24.9 Å². The third-order valence-electron chi connectivity index (χ3n) is 3.39. The zero-order chi connectivity index (χ0) is 13.8. The Labute approximate surface area is 111 Å². The van der Waals surface area contributed by atoms with Crippen LogP contribution >= 0.6 is 0 Å². The number of hydrogen-bond acceptors (Lipinski definition) is 5. The molecule has 0 amide bonds. The van der Waals surface area contributed by atoms with Crippen molar-refractivity contribution in [3.63, 3.8) is 0 Å². The van der Waals surface area contributed by atoms with Crippen LogP contribution in [0.4, 0.5) is 5.69 Å². The molecule has 0 unspecified atom stereocenters. The van der Waals surface area contributed by atoms with E-state index in [-0.39, 0.29) is 0 Å². The Bertz CT molecular complexity index is 461. The van der Waals surface area contributed by atoms with Gasteiger partial charge in [-0.05, 0) is 42.5 Å². The largest absolute Gasteiger partial charge is 0.394 e. The first-order valence-electron chi connectivity index (χ1n) is 6.43. The lowest BCUT2D eigenvalue weighted by atomic mass is 10.1. The molecule has 3 atom stereocenters. The second-order valence-electron chi connectivity index (χ2n) is 4.82. The molecule has 0 bridgehead atoms. The maximum atomic E-state index is 9.60. The third kappa shape index (κ3) is 3.39. The van der Waals surface area contributed by atoms with E-state index in [1.54, 1.807) is 0 Å². The van der Waals surface area contributed by atoms with Crippen molar-refractivity contribution < 1.29 is 20.4 Å². The van der Waals surface area contributed by atoms with E-state index in [2.05, 4.69) is 4.99 Å². The third-order valence-corrected chi connectivity index (χ3v) is 3.39. The fourth-order valence-electron chi connectivity index (χ4n) is 2.22. The highest BCUT2D eigenvalue weighted by molar-refractivity contribution is 5.68. The molecular formula is C14H19NO4. The first-order chi connectivity index (χ1) is 9.11. The molecular weight excluding hydrogens is 246 g/mol. The quantitative estimate of drug-likeness (QED) is 0.562. The molecule has 1 aliphatic carbocycles. The van der Waals surface area contributed by atoms with Gasteiger partial charge in [-0.15, -0.1) is 0 Å². The summed E-state index contributed by atoms with van der Waals surface area (Å²) in [6, 6.07) is 5.86. The van der Waals surface area contributed by atoms with Crippen LogP contribution in [0, 0.1) is 0 Å². The van der Waals surface area contributed by atoms with Gasteiger partial charge in [0.25, 0.3) is 0 Å². The van der Waals surface area contributed by atoms with E-state index in [4.69, 9.17) is 5.11 Å². The maximum absolute atomic E-state index is 9.60. The lowest BCUT2D eigenvalue weighted by molar-refractivity contribution is -0.0541. The predicted octanol–water partition coefficient (Wildman–Crippen LogP) is -0.0474. The Balaban J connectivity index is 2.02. The molecule has 0 spiro atoms. The van der Waals surface area contributed by atoms with Gasteiger partial charge in [-0.25, -0.2) is 0 Å². The van der Waals surface area contributed by atoms with Crippen molar-refractivity contribution in [2.45, 2.75) is 37.6 Å². The SMILES string of the molecule is OC[C@H](O)[C@H](O)[C@H](O)C=Nc1ccc2c(c1)CCC2. The van der Waals surface area contributed by atoms with Gasteiger partial charge in [0.05, 0.1) is 12.3 Å². The van der Waals surface area contributed by atoms with Crippen LogP contribution in [0.3, 0.4) is 0 Å². The van der Waals surface area contributed by atoms with Gasteiger partial charge in [0.2, 0.25) is 0 Å². The summed E-state index contributed by atoms with van der Waals surface area (Å²) in [6.45, 7) is -0.606. The summed E-state index contributed by atoms with van der Waals surface area (Å²) in [5.74, 6) is 0. The normalized spacial score (nSPS) is 19.4. The van der Waals surface area contributed by atoms with Crippen LogP contribution in [0.1, 0.15) is 17.5 Å². The van der Waals surface area contributed by atoms with Crippen molar-refractivity contribution >= 4 is 11.9 Å². The zero-order valence-corrected chi connectivity index (χ0v) is 10.6. The zero-order valence-electron chi connectivity index (χ0n) is 10.6. The number of hydrogen-bond donors (Lipinski definition) is 4. The summed E-state index contributed by atoms with van der Waals surface area (Å²) in [6.07, 6.45) is 0.364. The summed E-state index contributed by atoms with van der Waals surface area (Å²) in [5, 5.41) is 37.0. The number of aliphatic imine (C=N–C) groups is 1. The number of aliphatic hydroxyl groups excluding tert-OH is 4. The van der Waals surface area contributed by atoms with Crippen molar-refractivity contribution in [3.8, 4) is 0 Å². The Morgan fingerprint density at radius 1 is 1.16 bits per heavy atom. The molecule has 5 nitrogen and oxygen atoms in total. The topological polar surface area (TPSA) is 93.3 Å². The van der Waals surface area contributed by atoms with E-state index in [0.29, 0.717) is 5.69 Å². The Morgan fingerprint density at radius 2 is 1.89 bits per heavy atom. The molecule has 1 aromatic rings. The lowest BCUT2D eigenvalue weighted by Gasteiger charge is -2.18. The molecule has 0 saturated heterocycles. The number of benzene rings is 1. The first kappa shape index (κ1) is 14.1. The summed E-state index contributed by atoms with van der Waals surface area (Å²) in [7, 11) is 0. The van der Waals surface area contributed by atoms with Gasteiger partial charge >= 0.3 is 0 Å². The van der Waals surface area contributed by atoms with Crippen LogP contribution in [0.5, 0.6) is 0 Å². The molecule has 5 heteroatoms. The molecule has 104 valence electrons. The average molecular weight is 265 g/mol. The van der Waals surface area contributed by atoms with E-state index in [1.165, 1.54) is 17.3 Å². The van der Waals surface area contributed by atoms with Crippen LogP contribution < -0.4 is 0 Å². The number of nitrogens with zero attached hydrogens (tertiary/aromatic N) is 1. The van der Waals surface area contributed by atoms with Crippen molar-refractivity contribution in [2.24, 2.45) is 4.99 Å². The van der Waals surface area contributed by atoms with Gasteiger partial charge in [-0.1, -0.05) is 6.07 Å². The Kier molecular flexibility index (Phi) is 4.66. The molecule has 0 heterocycles. The van der Waals surface area contributed by atoms with Gasteiger partial charge in [0.1, 0.15) is 18.3 Å². The van der Waals surface area contributed by atoms with Crippen LogP contribution in [0.2, 0.25) is 0 Å². The first-order valence-corrected chi connectivity index (χ1v) is 6.43. The summed E-state index contributed by atoms with van der Waals surface area (Å²) >= 11 is 0. The van der Waals surface area contributed by atoms with Gasteiger partial charge < -0.3 is 20.4 Å². The molecule has 4 N–H and O–H groups in total. The molecule has 0 radical (unpaired) electrons. The summed E-state index contributed by atoms with van der Waals surface area (Å²) in [4.78, 5) is 4.09. The number of rotatable bonds is 5. The van der Waals surface area contributed by atoms with E-state index in [1.807, 2.05) is 18.2 Å². The minimum Gasteiger partial charge on any atom is -0.394 e. The van der Waals surface area contributed by atoms with Crippen molar-refractivity contribution in [2.75, 3.05) is 6.61 Å². The van der Waals surface area contributed by atoms with Gasteiger partial charge in [-0.3, -0.25) is 4.99 Å². The number of aliphatic hydroxyl groups is 4. The maximum Gasteiger partial charge on any atom is 0.118 e. The monoisotopic (exact) mass is 265 g/mol. The van der Waals surface area contributed by atoms with Crippen LogP contribution in [0.15, 0.2) is 23.2 Å². The van der Waals surface area contributed by atoms with Crippen molar-refractivity contribution in [1.82, 2.24) is 0 Å². The van der Waals surface area contributed by atoms with Gasteiger partial charge in [0, 0.05) is 6.21 Å². The molecule has 0 aliphatic heterocycles. The molecule has 0 fully saturated rings. The lowest BCUT2D eigenvalue weighted by Crippen LogP contribution is -2.40. The fraction of sp³-hybridized carbons (Fsp3) is 0.500.